The monoisotopic (exact) mass is 405 g/mol. The molecule has 2 aliphatic rings. The largest absolute Gasteiger partial charge is 0.454 e. The van der Waals surface area contributed by atoms with Gasteiger partial charge in [-0.2, -0.15) is 0 Å². The number of hydrogen-bond donors (Lipinski definition) is 1. The standard InChI is InChI=1S/C24H20ClNO3/c1-15-12-19(7-8-20(15)16-2-5-18(25)6-3-16)26-23(27)24(10-11-24)17-4-9-21-22(13-17)29-14-28-21/h2-9,12-13H,10-11,14H2,1H3,(H,26,27). The molecule has 0 unspecified atom stereocenters. The number of ether oxygens (including phenoxy) is 2. The second-order valence-corrected chi connectivity index (χ2v) is 8.08. The van der Waals surface area contributed by atoms with Crippen LogP contribution >= 0.6 is 11.6 Å². The average Bonchev–Trinajstić information content (AvgIpc) is 3.40. The maximum atomic E-state index is 13.1. The van der Waals surface area contributed by atoms with E-state index in [4.69, 9.17) is 21.1 Å². The van der Waals surface area contributed by atoms with E-state index in [1.54, 1.807) is 0 Å². The molecule has 5 heteroatoms. The van der Waals surface area contributed by atoms with Crippen LogP contribution in [0.15, 0.2) is 60.7 Å². The van der Waals surface area contributed by atoms with Crippen molar-refractivity contribution < 1.29 is 14.3 Å². The van der Waals surface area contributed by atoms with Crippen LogP contribution in [0, 0.1) is 6.92 Å². The number of carbonyl (C=O) groups is 1. The molecule has 1 saturated carbocycles. The Bertz CT molecular complexity index is 1100. The predicted octanol–water partition coefficient (Wildman–Crippen LogP) is 5.71. The second kappa shape index (κ2) is 6.82. The molecule has 146 valence electrons. The van der Waals surface area contributed by atoms with Gasteiger partial charge in [-0.15, -0.1) is 0 Å². The smallest absolute Gasteiger partial charge is 0.235 e. The lowest BCUT2D eigenvalue weighted by atomic mass is 9.94. The summed E-state index contributed by atoms with van der Waals surface area (Å²) in [5.74, 6) is 1.47. The molecule has 3 aromatic carbocycles. The molecule has 1 aliphatic heterocycles. The van der Waals surface area contributed by atoms with Crippen LogP contribution in [0.2, 0.25) is 5.02 Å². The molecule has 0 bridgehead atoms. The number of hydrogen-bond acceptors (Lipinski definition) is 3. The van der Waals surface area contributed by atoms with E-state index >= 15 is 0 Å². The highest BCUT2D eigenvalue weighted by Gasteiger charge is 2.51. The molecule has 0 radical (unpaired) electrons. The molecular formula is C24H20ClNO3. The van der Waals surface area contributed by atoms with E-state index < -0.39 is 5.41 Å². The lowest BCUT2D eigenvalue weighted by Crippen LogP contribution is -2.27. The fourth-order valence-electron chi connectivity index (χ4n) is 3.91. The first-order chi connectivity index (χ1) is 14.0. The molecule has 1 N–H and O–H groups in total. The van der Waals surface area contributed by atoms with Crippen LogP contribution < -0.4 is 14.8 Å². The third-order valence-electron chi connectivity index (χ3n) is 5.75. The van der Waals surface area contributed by atoms with E-state index in [0.29, 0.717) is 10.8 Å². The van der Waals surface area contributed by atoms with Crippen LogP contribution in [0.4, 0.5) is 5.69 Å². The summed E-state index contributed by atoms with van der Waals surface area (Å²) in [5, 5.41) is 3.82. The van der Waals surface area contributed by atoms with Gasteiger partial charge in [-0.05, 0) is 78.4 Å². The lowest BCUT2D eigenvalue weighted by Gasteiger charge is -2.17. The Morgan fingerprint density at radius 3 is 2.45 bits per heavy atom. The number of halogens is 1. The van der Waals surface area contributed by atoms with Crippen molar-refractivity contribution in [3.63, 3.8) is 0 Å². The number of benzene rings is 3. The van der Waals surface area contributed by atoms with Crippen molar-refractivity contribution in [3.8, 4) is 22.6 Å². The molecule has 0 saturated heterocycles. The van der Waals surface area contributed by atoms with E-state index in [1.807, 2.05) is 67.6 Å². The van der Waals surface area contributed by atoms with Crippen LogP contribution in [0.3, 0.4) is 0 Å². The van der Waals surface area contributed by atoms with Gasteiger partial charge >= 0.3 is 0 Å². The number of aryl methyl sites for hydroxylation is 1. The Labute approximate surface area is 174 Å². The van der Waals surface area contributed by atoms with E-state index in [9.17, 15) is 4.79 Å². The zero-order chi connectivity index (χ0) is 20.0. The minimum Gasteiger partial charge on any atom is -0.454 e. The van der Waals surface area contributed by atoms with Gasteiger partial charge in [0.25, 0.3) is 0 Å². The van der Waals surface area contributed by atoms with E-state index in [0.717, 1.165) is 46.5 Å². The Hall–Kier alpha value is -2.98. The number of fused-ring (bicyclic) bond motifs is 1. The van der Waals surface area contributed by atoms with Crippen molar-refractivity contribution in [2.45, 2.75) is 25.2 Å². The molecule has 3 aromatic rings. The van der Waals surface area contributed by atoms with Crippen LogP contribution in [0.25, 0.3) is 11.1 Å². The first-order valence-electron chi connectivity index (χ1n) is 9.63. The Morgan fingerprint density at radius 2 is 1.72 bits per heavy atom. The normalized spacial score (nSPS) is 15.8. The molecule has 0 atom stereocenters. The highest BCUT2D eigenvalue weighted by atomic mass is 35.5. The van der Waals surface area contributed by atoms with E-state index in [2.05, 4.69) is 5.32 Å². The fraction of sp³-hybridized carbons (Fsp3) is 0.208. The molecule has 1 fully saturated rings. The summed E-state index contributed by atoms with van der Waals surface area (Å²) in [7, 11) is 0. The zero-order valence-corrected chi connectivity index (χ0v) is 16.8. The van der Waals surface area contributed by atoms with Crippen molar-refractivity contribution in [1.29, 1.82) is 0 Å². The quantitative estimate of drug-likeness (QED) is 0.604. The summed E-state index contributed by atoms with van der Waals surface area (Å²) in [5.41, 5.74) is 4.62. The van der Waals surface area contributed by atoms with Crippen molar-refractivity contribution in [2.24, 2.45) is 0 Å². The number of amides is 1. The maximum Gasteiger partial charge on any atom is 0.235 e. The topological polar surface area (TPSA) is 47.6 Å². The minimum absolute atomic E-state index is 0.0232. The Morgan fingerprint density at radius 1 is 0.966 bits per heavy atom. The fourth-order valence-corrected chi connectivity index (χ4v) is 4.04. The zero-order valence-electron chi connectivity index (χ0n) is 16.0. The van der Waals surface area contributed by atoms with Crippen LogP contribution in [0.5, 0.6) is 11.5 Å². The minimum atomic E-state index is -0.482. The van der Waals surface area contributed by atoms with Gasteiger partial charge in [-0.1, -0.05) is 35.9 Å². The summed E-state index contributed by atoms with van der Waals surface area (Å²) in [6.45, 7) is 2.28. The number of carbonyl (C=O) groups excluding carboxylic acids is 1. The Kier molecular flexibility index (Phi) is 4.25. The highest BCUT2D eigenvalue weighted by Crippen LogP contribution is 2.51. The van der Waals surface area contributed by atoms with Crippen LogP contribution in [-0.2, 0) is 10.2 Å². The van der Waals surface area contributed by atoms with Gasteiger partial charge in [0, 0.05) is 10.7 Å². The third kappa shape index (κ3) is 3.23. The van der Waals surface area contributed by atoms with Crippen molar-refractivity contribution in [1.82, 2.24) is 0 Å². The average molecular weight is 406 g/mol. The number of nitrogens with one attached hydrogen (secondary N) is 1. The first kappa shape index (κ1) is 18.1. The first-order valence-corrected chi connectivity index (χ1v) is 10.0. The molecule has 1 aliphatic carbocycles. The molecule has 1 heterocycles. The lowest BCUT2D eigenvalue weighted by molar-refractivity contribution is -0.118. The maximum absolute atomic E-state index is 13.1. The van der Waals surface area contributed by atoms with Gasteiger partial charge in [0.1, 0.15) is 0 Å². The highest BCUT2D eigenvalue weighted by molar-refractivity contribution is 6.30. The van der Waals surface area contributed by atoms with Gasteiger partial charge in [0.2, 0.25) is 12.7 Å². The second-order valence-electron chi connectivity index (χ2n) is 7.64. The van der Waals surface area contributed by atoms with Crippen LogP contribution in [-0.4, -0.2) is 12.7 Å². The van der Waals surface area contributed by atoms with Crippen molar-refractivity contribution in [3.05, 3.63) is 76.8 Å². The predicted molar refractivity (Wildman–Crippen MR) is 114 cm³/mol. The SMILES string of the molecule is Cc1cc(NC(=O)C2(c3ccc4c(c3)OCO4)CC2)ccc1-c1ccc(Cl)cc1. The van der Waals surface area contributed by atoms with Gasteiger partial charge in [-0.3, -0.25) is 4.79 Å². The molecular weight excluding hydrogens is 386 g/mol. The van der Waals surface area contributed by atoms with Crippen molar-refractivity contribution >= 4 is 23.2 Å². The number of anilines is 1. The molecule has 0 spiro atoms. The van der Waals surface area contributed by atoms with Crippen LogP contribution in [0.1, 0.15) is 24.0 Å². The summed E-state index contributed by atoms with van der Waals surface area (Å²) in [6.07, 6.45) is 1.67. The molecule has 4 nitrogen and oxygen atoms in total. The van der Waals surface area contributed by atoms with E-state index in [-0.39, 0.29) is 12.7 Å². The summed E-state index contributed by atoms with van der Waals surface area (Å²) in [4.78, 5) is 13.1. The van der Waals surface area contributed by atoms with Gasteiger partial charge in [-0.25, -0.2) is 0 Å². The molecule has 5 rings (SSSR count). The summed E-state index contributed by atoms with van der Waals surface area (Å²) < 4.78 is 10.9. The molecule has 29 heavy (non-hydrogen) atoms. The molecule has 1 amide bonds. The molecule has 0 aromatic heterocycles. The number of rotatable bonds is 4. The summed E-state index contributed by atoms with van der Waals surface area (Å²) >= 11 is 5.99. The van der Waals surface area contributed by atoms with Gasteiger partial charge in [0.05, 0.1) is 5.41 Å². The Balaban J connectivity index is 1.37. The van der Waals surface area contributed by atoms with Crippen molar-refractivity contribution in [2.75, 3.05) is 12.1 Å². The van der Waals surface area contributed by atoms with Gasteiger partial charge < -0.3 is 14.8 Å². The van der Waals surface area contributed by atoms with E-state index in [1.165, 1.54) is 0 Å². The van der Waals surface area contributed by atoms with Gasteiger partial charge in [0.15, 0.2) is 11.5 Å². The summed E-state index contributed by atoms with van der Waals surface area (Å²) in [6, 6.07) is 19.6. The third-order valence-corrected chi connectivity index (χ3v) is 6.00.